The van der Waals surface area contributed by atoms with E-state index in [0.717, 1.165) is 19.4 Å². The van der Waals surface area contributed by atoms with Crippen molar-refractivity contribution in [2.24, 2.45) is 4.40 Å². The molecule has 0 amide bonds. The fourth-order valence-electron chi connectivity index (χ4n) is 1.16. The largest absolute Gasteiger partial charge is 0.373 e. The summed E-state index contributed by atoms with van der Waals surface area (Å²) in [7, 11) is -1.15. The molecule has 0 radical (unpaired) electrons. The van der Waals surface area contributed by atoms with Gasteiger partial charge in [-0.2, -0.15) is 4.40 Å². The van der Waals surface area contributed by atoms with Crippen LogP contribution in [0.4, 0.5) is 0 Å². The third kappa shape index (κ3) is 3.88. The van der Waals surface area contributed by atoms with Gasteiger partial charge >= 0.3 is 0 Å². The van der Waals surface area contributed by atoms with Gasteiger partial charge in [-0.25, -0.2) is 4.21 Å². The third-order valence-electron chi connectivity index (χ3n) is 2.06. The minimum atomic E-state index is -1.15. The second kappa shape index (κ2) is 5.03. The standard InChI is InChI=1S/C10H19NO2S/c1-10(2,3)14(12)11-8-9-6-4-5-7-13-9/h8-9H,4-7H2,1-3H3/b11-8+/t9?,14-/m1/s1. The first-order chi connectivity index (χ1) is 6.50. The van der Waals surface area contributed by atoms with Gasteiger partial charge in [0.15, 0.2) is 0 Å². The predicted molar refractivity (Wildman–Crippen MR) is 60.0 cm³/mol. The van der Waals surface area contributed by atoms with Crippen LogP contribution in [0.1, 0.15) is 40.0 Å². The summed E-state index contributed by atoms with van der Waals surface area (Å²) in [6.07, 6.45) is 5.10. The lowest BCUT2D eigenvalue weighted by Gasteiger charge is -2.19. The van der Waals surface area contributed by atoms with Crippen LogP contribution >= 0.6 is 0 Å². The maximum Gasteiger partial charge on any atom is 0.144 e. The molecule has 1 heterocycles. The van der Waals surface area contributed by atoms with Gasteiger partial charge in [0.1, 0.15) is 11.0 Å². The second-order valence-corrected chi connectivity index (χ2v) is 6.45. The van der Waals surface area contributed by atoms with Crippen LogP contribution in [0.5, 0.6) is 0 Å². The van der Waals surface area contributed by atoms with Crippen molar-refractivity contribution < 1.29 is 8.95 Å². The molecule has 1 fully saturated rings. The number of hydrogen-bond donors (Lipinski definition) is 0. The van der Waals surface area contributed by atoms with E-state index in [0.29, 0.717) is 0 Å². The van der Waals surface area contributed by atoms with Crippen molar-refractivity contribution in [1.82, 2.24) is 0 Å². The molecule has 14 heavy (non-hydrogen) atoms. The highest BCUT2D eigenvalue weighted by molar-refractivity contribution is 7.85. The Kier molecular flexibility index (Phi) is 4.26. The SMILES string of the molecule is CC(C)(C)[S@@](=O)/N=C/C1CCCCO1. The van der Waals surface area contributed by atoms with Gasteiger partial charge < -0.3 is 4.74 Å². The molecule has 1 aliphatic rings. The Hall–Kier alpha value is -0.220. The van der Waals surface area contributed by atoms with Crippen LogP contribution in [-0.2, 0) is 15.7 Å². The zero-order valence-corrected chi connectivity index (χ0v) is 9.97. The third-order valence-corrected chi connectivity index (χ3v) is 3.42. The first kappa shape index (κ1) is 11.9. The minimum Gasteiger partial charge on any atom is -0.373 e. The summed E-state index contributed by atoms with van der Waals surface area (Å²) in [5.41, 5.74) is 0. The Balaban J connectivity index is 2.42. The Morgan fingerprint density at radius 3 is 2.64 bits per heavy atom. The summed E-state index contributed by atoms with van der Waals surface area (Å²) in [6.45, 7) is 6.56. The summed E-state index contributed by atoms with van der Waals surface area (Å²) in [6, 6.07) is 0. The normalized spacial score (nSPS) is 26.6. The van der Waals surface area contributed by atoms with Gasteiger partial charge in [-0.05, 0) is 40.0 Å². The Morgan fingerprint density at radius 2 is 2.14 bits per heavy atom. The van der Waals surface area contributed by atoms with E-state index in [2.05, 4.69) is 4.40 Å². The summed E-state index contributed by atoms with van der Waals surface area (Å²) in [5, 5.41) is 0. The molecule has 0 spiro atoms. The maximum absolute atomic E-state index is 11.6. The van der Waals surface area contributed by atoms with Gasteiger partial charge in [0.25, 0.3) is 0 Å². The number of ether oxygens (including phenoxy) is 1. The quantitative estimate of drug-likeness (QED) is 0.664. The second-order valence-electron chi connectivity index (χ2n) is 4.52. The Morgan fingerprint density at radius 1 is 1.43 bits per heavy atom. The number of rotatable bonds is 2. The van der Waals surface area contributed by atoms with Gasteiger partial charge in [-0.1, -0.05) is 0 Å². The van der Waals surface area contributed by atoms with E-state index in [1.54, 1.807) is 6.21 Å². The van der Waals surface area contributed by atoms with E-state index in [4.69, 9.17) is 4.74 Å². The molecule has 1 unspecified atom stereocenters. The molecular weight excluding hydrogens is 198 g/mol. The topological polar surface area (TPSA) is 38.7 Å². The molecule has 0 aromatic heterocycles. The molecule has 1 aliphatic heterocycles. The van der Waals surface area contributed by atoms with Crippen molar-refractivity contribution in [3.63, 3.8) is 0 Å². The molecule has 4 heteroatoms. The van der Waals surface area contributed by atoms with Crippen molar-refractivity contribution in [3.8, 4) is 0 Å². The number of hydrogen-bond acceptors (Lipinski definition) is 2. The maximum atomic E-state index is 11.6. The lowest BCUT2D eigenvalue weighted by molar-refractivity contribution is 0.0617. The lowest BCUT2D eigenvalue weighted by atomic mass is 10.1. The van der Waals surface area contributed by atoms with Gasteiger partial charge in [-0.15, -0.1) is 0 Å². The fourth-order valence-corrected chi connectivity index (χ4v) is 1.73. The molecule has 0 saturated carbocycles. The van der Waals surface area contributed by atoms with Crippen LogP contribution in [0.15, 0.2) is 4.40 Å². The van der Waals surface area contributed by atoms with Crippen LogP contribution in [0.3, 0.4) is 0 Å². The monoisotopic (exact) mass is 217 g/mol. The molecule has 0 aliphatic carbocycles. The first-order valence-electron chi connectivity index (χ1n) is 5.08. The molecule has 0 bridgehead atoms. The van der Waals surface area contributed by atoms with E-state index < -0.39 is 11.0 Å². The summed E-state index contributed by atoms with van der Waals surface area (Å²) in [5.74, 6) is 0. The molecule has 1 saturated heterocycles. The molecule has 3 nitrogen and oxygen atoms in total. The zero-order valence-electron chi connectivity index (χ0n) is 9.16. The van der Waals surface area contributed by atoms with Crippen LogP contribution in [0, 0.1) is 0 Å². The first-order valence-corrected chi connectivity index (χ1v) is 6.18. The van der Waals surface area contributed by atoms with Gasteiger partial charge in [0.2, 0.25) is 0 Å². The number of nitrogens with zero attached hydrogens (tertiary/aromatic N) is 1. The predicted octanol–water partition coefficient (Wildman–Crippen LogP) is 2.09. The highest BCUT2D eigenvalue weighted by Gasteiger charge is 2.19. The Bertz CT molecular complexity index is 227. The summed E-state index contributed by atoms with van der Waals surface area (Å²) >= 11 is 0. The van der Waals surface area contributed by atoms with E-state index >= 15 is 0 Å². The van der Waals surface area contributed by atoms with Gasteiger partial charge in [0.05, 0.1) is 10.9 Å². The summed E-state index contributed by atoms with van der Waals surface area (Å²) in [4.78, 5) is 0. The van der Waals surface area contributed by atoms with Gasteiger partial charge in [0, 0.05) is 12.8 Å². The highest BCUT2D eigenvalue weighted by atomic mass is 32.2. The van der Waals surface area contributed by atoms with E-state index in [-0.39, 0.29) is 10.9 Å². The zero-order chi connectivity index (χ0) is 10.6. The molecule has 0 aromatic rings. The van der Waals surface area contributed by atoms with Crippen LogP contribution in [0.2, 0.25) is 0 Å². The molecule has 1 rings (SSSR count). The van der Waals surface area contributed by atoms with E-state index in [9.17, 15) is 4.21 Å². The lowest BCUT2D eigenvalue weighted by Crippen LogP contribution is -2.23. The van der Waals surface area contributed by atoms with Crippen LogP contribution in [0.25, 0.3) is 0 Å². The van der Waals surface area contributed by atoms with Crippen molar-refractivity contribution in [1.29, 1.82) is 0 Å². The fraction of sp³-hybridized carbons (Fsp3) is 0.900. The van der Waals surface area contributed by atoms with E-state index in [1.165, 1.54) is 6.42 Å². The highest BCUT2D eigenvalue weighted by Crippen LogP contribution is 2.14. The average Bonchev–Trinajstić information content (AvgIpc) is 2.14. The van der Waals surface area contributed by atoms with Crippen molar-refractivity contribution >= 4 is 17.2 Å². The molecule has 82 valence electrons. The van der Waals surface area contributed by atoms with Crippen molar-refractivity contribution in [3.05, 3.63) is 0 Å². The molecule has 0 aromatic carbocycles. The smallest absolute Gasteiger partial charge is 0.144 e. The van der Waals surface area contributed by atoms with Gasteiger partial charge in [-0.3, -0.25) is 0 Å². The molecule has 0 N–H and O–H groups in total. The van der Waals surface area contributed by atoms with Crippen molar-refractivity contribution in [2.45, 2.75) is 50.9 Å². The minimum absolute atomic E-state index is 0.0787. The van der Waals surface area contributed by atoms with Crippen molar-refractivity contribution in [2.75, 3.05) is 6.61 Å². The molecular formula is C10H19NO2S. The average molecular weight is 217 g/mol. The van der Waals surface area contributed by atoms with E-state index in [1.807, 2.05) is 20.8 Å². The van der Waals surface area contributed by atoms with Crippen LogP contribution in [-0.4, -0.2) is 27.9 Å². The Labute approximate surface area is 88.5 Å². The van der Waals surface area contributed by atoms with Crippen LogP contribution < -0.4 is 0 Å². The molecule has 2 atom stereocenters. The summed E-state index contributed by atoms with van der Waals surface area (Å²) < 4.78 is 20.8.